The monoisotopic (exact) mass is 266 g/mol. The first-order chi connectivity index (χ1) is 8.74. The maximum absolute atomic E-state index is 10.9. The highest BCUT2D eigenvalue weighted by Crippen LogP contribution is 2.33. The molecule has 5 heteroatoms. The Kier molecular flexibility index (Phi) is 3.24. The largest absolute Gasteiger partial charge is 0.481 e. The van der Waals surface area contributed by atoms with Crippen molar-refractivity contribution in [2.24, 2.45) is 5.92 Å². The number of carbonyl (C=O) groups is 1. The summed E-state index contributed by atoms with van der Waals surface area (Å²) in [6.45, 7) is 1.67. The summed E-state index contributed by atoms with van der Waals surface area (Å²) >= 11 is 1.82. The van der Waals surface area contributed by atoms with Crippen LogP contribution in [-0.2, 0) is 17.6 Å². The van der Waals surface area contributed by atoms with Gasteiger partial charge in [-0.3, -0.25) is 4.79 Å². The number of piperidine rings is 1. The number of anilines is 1. The van der Waals surface area contributed by atoms with E-state index < -0.39 is 5.97 Å². The fourth-order valence-electron chi connectivity index (χ4n) is 2.79. The van der Waals surface area contributed by atoms with Crippen LogP contribution >= 0.6 is 11.3 Å². The molecule has 1 aromatic heterocycles. The highest BCUT2D eigenvalue weighted by Gasteiger charge is 2.27. The molecule has 1 aliphatic heterocycles. The van der Waals surface area contributed by atoms with Crippen molar-refractivity contribution in [3.05, 3.63) is 10.6 Å². The summed E-state index contributed by atoms with van der Waals surface area (Å²) in [6.07, 6.45) is 6.35. The molecule has 0 bridgehead atoms. The van der Waals surface area contributed by atoms with E-state index in [-0.39, 0.29) is 5.92 Å². The van der Waals surface area contributed by atoms with Gasteiger partial charge in [0.05, 0.1) is 11.6 Å². The van der Waals surface area contributed by atoms with Crippen molar-refractivity contribution in [2.75, 3.05) is 18.0 Å². The number of thiazole rings is 1. The average Bonchev–Trinajstić information content (AvgIpc) is 2.82. The highest BCUT2D eigenvalue weighted by molar-refractivity contribution is 7.15. The molecule has 0 atom stereocenters. The van der Waals surface area contributed by atoms with E-state index in [9.17, 15) is 4.79 Å². The molecule has 1 aromatic rings. The van der Waals surface area contributed by atoms with Crippen LogP contribution in [0.4, 0.5) is 5.13 Å². The number of rotatable bonds is 2. The third-order valence-corrected chi connectivity index (χ3v) is 5.17. The minimum atomic E-state index is -0.645. The first-order valence-electron chi connectivity index (χ1n) is 6.70. The van der Waals surface area contributed by atoms with E-state index in [1.54, 1.807) is 0 Å². The molecule has 1 aliphatic carbocycles. The second-order valence-corrected chi connectivity index (χ2v) is 6.24. The molecule has 4 nitrogen and oxygen atoms in total. The van der Waals surface area contributed by atoms with Gasteiger partial charge in [-0.1, -0.05) is 0 Å². The fraction of sp³-hybridized carbons (Fsp3) is 0.692. The Balaban J connectivity index is 1.69. The minimum Gasteiger partial charge on any atom is -0.481 e. The Morgan fingerprint density at radius 3 is 2.67 bits per heavy atom. The van der Waals surface area contributed by atoms with E-state index in [4.69, 9.17) is 10.1 Å². The number of aryl methyl sites for hydroxylation is 2. The fourth-order valence-corrected chi connectivity index (χ4v) is 3.99. The Bertz CT molecular complexity index is 426. The molecule has 0 radical (unpaired) electrons. The number of carboxylic acid groups (broad SMARTS) is 1. The molecule has 0 aromatic carbocycles. The molecule has 0 saturated carbocycles. The van der Waals surface area contributed by atoms with Crippen LogP contribution in [0.15, 0.2) is 0 Å². The lowest BCUT2D eigenvalue weighted by atomic mass is 9.97. The van der Waals surface area contributed by atoms with Gasteiger partial charge in [-0.15, -0.1) is 11.3 Å². The molecule has 0 unspecified atom stereocenters. The van der Waals surface area contributed by atoms with Crippen molar-refractivity contribution in [1.82, 2.24) is 4.98 Å². The van der Waals surface area contributed by atoms with Crippen LogP contribution in [0.1, 0.15) is 36.3 Å². The molecule has 0 amide bonds. The number of aliphatic carboxylic acids is 1. The van der Waals surface area contributed by atoms with Gasteiger partial charge in [0.25, 0.3) is 0 Å². The molecule has 1 N–H and O–H groups in total. The van der Waals surface area contributed by atoms with Crippen molar-refractivity contribution < 1.29 is 9.90 Å². The van der Waals surface area contributed by atoms with Gasteiger partial charge in [-0.05, 0) is 38.5 Å². The second kappa shape index (κ2) is 4.88. The zero-order chi connectivity index (χ0) is 12.5. The maximum Gasteiger partial charge on any atom is 0.306 e. The van der Waals surface area contributed by atoms with Gasteiger partial charge in [0.2, 0.25) is 0 Å². The number of aromatic nitrogens is 1. The lowest BCUT2D eigenvalue weighted by molar-refractivity contribution is -0.142. The van der Waals surface area contributed by atoms with E-state index >= 15 is 0 Å². The summed E-state index contributed by atoms with van der Waals surface area (Å²) in [5.41, 5.74) is 1.29. The smallest absolute Gasteiger partial charge is 0.306 e. The zero-order valence-electron chi connectivity index (χ0n) is 10.4. The van der Waals surface area contributed by atoms with Crippen LogP contribution in [0.25, 0.3) is 0 Å². The Labute approximate surface area is 111 Å². The number of carboxylic acids is 1. The average molecular weight is 266 g/mol. The molecule has 2 aliphatic rings. The van der Waals surface area contributed by atoms with Gasteiger partial charge in [-0.2, -0.15) is 0 Å². The van der Waals surface area contributed by atoms with Gasteiger partial charge < -0.3 is 10.0 Å². The Morgan fingerprint density at radius 2 is 2.00 bits per heavy atom. The van der Waals surface area contributed by atoms with E-state index in [0.29, 0.717) is 0 Å². The van der Waals surface area contributed by atoms with Gasteiger partial charge in [0, 0.05) is 18.0 Å². The quantitative estimate of drug-likeness (QED) is 0.892. The summed E-state index contributed by atoms with van der Waals surface area (Å²) in [4.78, 5) is 19.4. The normalized spacial score (nSPS) is 20.8. The lowest BCUT2D eigenvalue weighted by Crippen LogP contribution is -2.36. The van der Waals surface area contributed by atoms with Gasteiger partial charge in [0.15, 0.2) is 5.13 Å². The molecule has 0 spiro atoms. The molecule has 98 valence electrons. The van der Waals surface area contributed by atoms with Gasteiger partial charge in [-0.25, -0.2) is 4.98 Å². The van der Waals surface area contributed by atoms with Crippen molar-refractivity contribution in [3.8, 4) is 0 Å². The summed E-state index contributed by atoms with van der Waals surface area (Å²) < 4.78 is 0. The van der Waals surface area contributed by atoms with Crippen LogP contribution in [0.5, 0.6) is 0 Å². The van der Waals surface area contributed by atoms with Crippen LogP contribution in [0.2, 0.25) is 0 Å². The maximum atomic E-state index is 10.9. The molecule has 18 heavy (non-hydrogen) atoms. The van der Waals surface area contributed by atoms with E-state index in [1.165, 1.54) is 29.8 Å². The summed E-state index contributed by atoms with van der Waals surface area (Å²) in [5.74, 6) is -0.802. The number of hydrogen-bond acceptors (Lipinski definition) is 4. The molecule has 3 rings (SSSR count). The van der Waals surface area contributed by atoms with Crippen molar-refractivity contribution in [2.45, 2.75) is 38.5 Å². The lowest BCUT2D eigenvalue weighted by Gasteiger charge is -2.29. The van der Waals surface area contributed by atoms with Crippen molar-refractivity contribution in [1.29, 1.82) is 0 Å². The minimum absolute atomic E-state index is 0.157. The summed E-state index contributed by atoms with van der Waals surface area (Å²) in [6, 6.07) is 0. The van der Waals surface area contributed by atoms with Crippen LogP contribution in [-0.4, -0.2) is 29.1 Å². The first-order valence-corrected chi connectivity index (χ1v) is 7.52. The first kappa shape index (κ1) is 12.0. The number of hydrogen-bond donors (Lipinski definition) is 1. The highest BCUT2D eigenvalue weighted by atomic mass is 32.1. The topological polar surface area (TPSA) is 53.4 Å². The van der Waals surface area contributed by atoms with E-state index in [0.717, 1.165) is 37.5 Å². The Morgan fingerprint density at radius 1 is 1.28 bits per heavy atom. The van der Waals surface area contributed by atoms with Crippen LogP contribution in [0.3, 0.4) is 0 Å². The van der Waals surface area contributed by atoms with Gasteiger partial charge in [0.1, 0.15) is 0 Å². The molecule has 1 fully saturated rings. The van der Waals surface area contributed by atoms with E-state index in [1.807, 2.05) is 11.3 Å². The Hall–Kier alpha value is -1.10. The zero-order valence-corrected chi connectivity index (χ0v) is 11.2. The van der Waals surface area contributed by atoms with Gasteiger partial charge >= 0.3 is 5.97 Å². The molecule has 2 heterocycles. The third kappa shape index (κ3) is 2.23. The second-order valence-electron chi connectivity index (χ2n) is 5.17. The summed E-state index contributed by atoms with van der Waals surface area (Å²) in [5, 5.41) is 10.1. The van der Waals surface area contributed by atoms with E-state index in [2.05, 4.69) is 4.90 Å². The predicted molar refractivity (Wildman–Crippen MR) is 71.3 cm³/mol. The van der Waals surface area contributed by atoms with Crippen LogP contribution < -0.4 is 4.90 Å². The number of fused-ring (bicyclic) bond motifs is 1. The predicted octanol–water partition coefficient (Wildman–Crippen LogP) is 2.32. The van der Waals surface area contributed by atoms with Crippen molar-refractivity contribution in [3.63, 3.8) is 0 Å². The standard InChI is InChI=1S/C13H18N2O2S/c16-12(17)9-5-7-15(8-6-9)13-14-10-3-1-2-4-11(10)18-13/h9H,1-8H2,(H,16,17). The molecule has 1 saturated heterocycles. The molecular formula is C13H18N2O2S. The summed E-state index contributed by atoms with van der Waals surface area (Å²) in [7, 11) is 0. The number of nitrogens with zero attached hydrogens (tertiary/aromatic N) is 2. The van der Waals surface area contributed by atoms with Crippen molar-refractivity contribution >= 4 is 22.4 Å². The van der Waals surface area contributed by atoms with Crippen LogP contribution in [0, 0.1) is 5.92 Å². The third-order valence-electron chi connectivity index (χ3n) is 3.95. The SMILES string of the molecule is O=C(O)C1CCN(c2nc3c(s2)CCCC3)CC1. The molecular weight excluding hydrogens is 248 g/mol.